The molecule has 0 saturated heterocycles. The van der Waals surface area contributed by atoms with E-state index >= 15 is 0 Å². The Kier molecular flexibility index (Phi) is 4.08. The minimum atomic E-state index is -0.321. The van der Waals surface area contributed by atoms with E-state index in [-0.39, 0.29) is 16.8 Å². The van der Waals surface area contributed by atoms with Crippen LogP contribution in [0, 0.1) is 0 Å². The number of carbonyl (C=O) groups is 1. The van der Waals surface area contributed by atoms with Crippen molar-refractivity contribution in [2.45, 2.75) is 0 Å². The molecule has 0 aliphatic heterocycles. The van der Waals surface area contributed by atoms with Crippen molar-refractivity contribution in [3.8, 4) is 11.5 Å². The predicted molar refractivity (Wildman–Crippen MR) is 92.2 cm³/mol. The molecule has 0 unspecified atom stereocenters. The molecule has 0 N–H and O–H groups in total. The second-order valence-corrected chi connectivity index (χ2v) is 5.40. The van der Waals surface area contributed by atoms with Crippen molar-refractivity contribution in [3.63, 3.8) is 0 Å². The van der Waals surface area contributed by atoms with Crippen molar-refractivity contribution >= 4 is 16.7 Å². The molecule has 0 spiro atoms. The van der Waals surface area contributed by atoms with E-state index in [0.717, 1.165) is 0 Å². The summed E-state index contributed by atoms with van der Waals surface area (Å²) in [5, 5.41) is 0.414. The quantitative estimate of drug-likeness (QED) is 0.693. The fourth-order valence-corrected chi connectivity index (χ4v) is 2.72. The third kappa shape index (κ3) is 2.54. The van der Waals surface area contributed by atoms with E-state index < -0.39 is 0 Å². The van der Waals surface area contributed by atoms with Crippen LogP contribution in [0.4, 0.5) is 0 Å². The van der Waals surface area contributed by atoms with Gasteiger partial charge in [-0.15, -0.1) is 0 Å². The lowest BCUT2D eigenvalue weighted by Crippen LogP contribution is -2.19. The highest BCUT2D eigenvalue weighted by atomic mass is 16.5. The molecule has 5 heteroatoms. The lowest BCUT2D eigenvalue weighted by molar-refractivity contribution is 0.103. The lowest BCUT2D eigenvalue weighted by atomic mass is 10.0. The standard InChI is InChI=1S/C19H17NO4/c1-20-11-14(18(21)12-7-5-4-6-8-12)19(22)13-9-16(23-2)17(24-3)10-15(13)20/h4-11H,1-3H3. The molecule has 5 nitrogen and oxygen atoms in total. The highest BCUT2D eigenvalue weighted by Crippen LogP contribution is 2.31. The van der Waals surface area contributed by atoms with Crippen LogP contribution in [-0.4, -0.2) is 24.6 Å². The zero-order valence-corrected chi connectivity index (χ0v) is 13.7. The number of aromatic nitrogens is 1. The molecule has 24 heavy (non-hydrogen) atoms. The van der Waals surface area contributed by atoms with Gasteiger partial charge in [-0.3, -0.25) is 9.59 Å². The molecule has 3 aromatic rings. The fraction of sp³-hybridized carbons (Fsp3) is 0.158. The summed E-state index contributed by atoms with van der Waals surface area (Å²) in [5.41, 5.74) is 0.956. The maximum absolute atomic E-state index is 12.8. The summed E-state index contributed by atoms with van der Waals surface area (Å²) in [6.45, 7) is 0. The van der Waals surface area contributed by atoms with Gasteiger partial charge in [0.25, 0.3) is 0 Å². The van der Waals surface area contributed by atoms with Gasteiger partial charge in [0.1, 0.15) is 0 Å². The third-order valence-corrected chi connectivity index (χ3v) is 3.97. The van der Waals surface area contributed by atoms with Crippen LogP contribution in [0.2, 0.25) is 0 Å². The highest BCUT2D eigenvalue weighted by molar-refractivity contribution is 6.10. The summed E-state index contributed by atoms with van der Waals surface area (Å²) in [6, 6.07) is 12.1. The van der Waals surface area contributed by atoms with Gasteiger partial charge >= 0.3 is 0 Å². The van der Waals surface area contributed by atoms with Crippen LogP contribution in [0.5, 0.6) is 11.5 Å². The topological polar surface area (TPSA) is 57.5 Å². The fourth-order valence-electron chi connectivity index (χ4n) is 2.72. The Morgan fingerprint density at radius 2 is 1.62 bits per heavy atom. The molecule has 1 heterocycles. The normalized spacial score (nSPS) is 10.6. The summed E-state index contributed by atoms with van der Waals surface area (Å²) in [4.78, 5) is 25.5. The predicted octanol–water partition coefficient (Wildman–Crippen LogP) is 2.79. The molecule has 122 valence electrons. The Balaban J connectivity index is 2.27. The molecule has 1 aromatic heterocycles. The first-order chi connectivity index (χ1) is 11.6. The van der Waals surface area contributed by atoms with E-state index in [0.29, 0.717) is 28.0 Å². The zero-order valence-electron chi connectivity index (χ0n) is 13.7. The smallest absolute Gasteiger partial charge is 0.200 e. The van der Waals surface area contributed by atoms with Crippen LogP contribution in [-0.2, 0) is 7.05 Å². The van der Waals surface area contributed by atoms with Gasteiger partial charge in [0.2, 0.25) is 5.43 Å². The zero-order chi connectivity index (χ0) is 17.3. The van der Waals surface area contributed by atoms with E-state index in [1.165, 1.54) is 14.2 Å². The molecular formula is C19H17NO4. The number of fused-ring (bicyclic) bond motifs is 1. The first kappa shape index (κ1) is 15.8. The molecule has 2 aromatic carbocycles. The number of hydrogen-bond donors (Lipinski definition) is 0. The molecule has 0 fully saturated rings. The molecule has 3 rings (SSSR count). The van der Waals surface area contributed by atoms with Crippen molar-refractivity contribution in [1.29, 1.82) is 0 Å². The van der Waals surface area contributed by atoms with Crippen molar-refractivity contribution in [2.75, 3.05) is 14.2 Å². The van der Waals surface area contributed by atoms with Crippen LogP contribution in [0.25, 0.3) is 10.9 Å². The van der Waals surface area contributed by atoms with Crippen LogP contribution in [0.15, 0.2) is 53.5 Å². The monoisotopic (exact) mass is 323 g/mol. The van der Waals surface area contributed by atoms with Crippen molar-refractivity contribution in [2.24, 2.45) is 7.05 Å². The molecule has 0 aliphatic rings. The number of rotatable bonds is 4. The lowest BCUT2D eigenvalue weighted by Gasteiger charge is -2.13. The van der Waals surface area contributed by atoms with E-state index in [4.69, 9.17) is 9.47 Å². The van der Waals surface area contributed by atoms with Crippen molar-refractivity contribution in [3.05, 3.63) is 70.0 Å². The molecule has 0 atom stereocenters. The third-order valence-electron chi connectivity index (χ3n) is 3.97. The number of aryl methyl sites for hydroxylation is 1. The number of benzene rings is 2. The Morgan fingerprint density at radius 3 is 2.25 bits per heavy atom. The van der Waals surface area contributed by atoms with Crippen LogP contribution in [0.1, 0.15) is 15.9 Å². The summed E-state index contributed by atoms with van der Waals surface area (Å²) in [5.74, 6) is 0.682. The first-order valence-electron chi connectivity index (χ1n) is 7.42. The van der Waals surface area contributed by atoms with Gasteiger partial charge in [0.15, 0.2) is 17.3 Å². The van der Waals surface area contributed by atoms with Gasteiger partial charge in [0, 0.05) is 24.9 Å². The van der Waals surface area contributed by atoms with Gasteiger partial charge in [0.05, 0.1) is 30.7 Å². The molecular weight excluding hydrogens is 306 g/mol. The van der Waals surface area contributed by atoms with E-state index in [9.17, 15) is 9.59 Å². The van der Waals surface area contributed by atoms with Crippen LogP contribution >= 0.6 is 0 Å². The number of ether oxygens (including phenoxy) is 2. The summed E-state index contributed by atoms with van der Waals surface area (Å²) in [7, 11) is 4.83. The second-order valence-electron chi connectivity index (χ2n) is 5.40. The Labute approximate surface area is 139 Å². The number of nitrogens with zero attached hydrogens (tertiary/aromatic N) is 1. The SMILES string of the molecule is COc1cc2c(=O)c(C(=O)c3ccccc3)cn(C)c2cc1OC. The average molecular weight is 323 g/mol. The minimum absolute atomic E-state index is 0.128. The van der Waals surface area contributed by atoms with Crippen LogP contribution < -0.4 is 14.9 Å². The Morgan fingerprint density at radius 1 is 1.00 bits per heavy atom. The summed E-state index contributed by atoms with van der Waals surface area (Å²) in [6.07, 6.45) is 1.56. The first-order valence-corrected chi connectivity index (χ1v) is 7.42. The van der Waals surface area contributed by atoms with Gasteiger partial charge < -0.3 is 14.0 Å². The molecule has 0 saturated carbocycles. The number of methoxy groups -OCH3 is 2. The van der Waals surface area contributed by atoms with Gasteiger partial charge in [-0.2, -0.15) is 0 Å². The molecule has 0 aliphatic carbocycles. The minimum Gasteiger partial charge on any atom is -0.493 e. The van der Waals surface area contributed by atoms with E-state index in [1.807, 2.05) is 6.07 Å². The van der Waals surface area contributed by atoms with Crippen LogP contribution in [0.3, 0.4) is 0 Å². The van der Waals surface area contributed by atoms with Crippen molar-refractivity contribution in [1.82, 2.24) is 4.57 Å². The second kappa shape index (κ2) is 6.20. The number of ketones is 1. The van der Waals surface area contributed by atoms with E-state index in [1.54, 1.807) is 54.2 Å². The van der Waals surface area contributed by atoms with E-state index in [2.05, 4.69) is 0 Å². The largest absolute Gasteiger partial charge is 0.493 e. The Bertz CT molecular complexity index is 974. The molecule has 0 bridgehead atoms. The maximum Gasteiger partial charge on any atom is 0.200 e. The molecule has 0 amide bonds. The molecule has 0 radical (unpaired) electrons. The van der Waals surface area contributed by atoms with Gasteiger partial charge in [-0.25, -0.2) is 0 Å². The summed E-state index contributed by atoms with van der Waals surface area (Å²) < 4.78 is 12.3. The number of pyridine rings is 1. The highest BCUT2D eigenvalue weighted by Gasteiger charge is 2.18. The maximum atomic E-state index is 12.8. The van der Waals surface area contributed by atoms with Crippen molar-refractivity contribution < 1.29 is 14.3 Å². The Hall–Kier alpha value is -3.08. The number of carbonyl (C=O) groups excluding carboxylic acids is 1. The van der Waals surface area contributed by atoms with Gasteiger partial charge in [-0.1, -0.05) is 30.3 Å². The van der Waals surface area contributed by atoms with Gasteiger partial charge in [-0.05, 0) is 6.07 Å². The summed E-state index contributed by atoms with van der Waals surface area (Å²) >= 11 is 0. The number of hydrogen-bond acceptors (Lipinski definition) is 4. The average Bonchev–Trinajstić information content (AvgIpc) is 2.63.